The van der Waals surface area contributed by atoms with Gasteiger partial charge in [-0.3, -0.25) is 4.90 Å². The second-order valence-electron chi connectivity index (χ2n) is 5.60. The zero-order valence-corrected chi connectivity index (χ0v) is 13.8. The number of piperazine rings is 1. The van der Waals surface area contributed by atoms with Crippen molar-refractivity contribution in [3.05, 3.63) is 33.8 Å². The quantitative estimate of drug-likeness (QED) is 0.908. The number of hydrogen-bond donors (Lipinski definition) is 1. The number of nitrogens with one attached hydrogen (secondary N) is 1. The summed E-state index contributed by atoms with van der Waals surface area (Å²) in [6.45, 7) is 10.0. The molecule has 1 fully saturated rings. The molecular weight excluding hydrogens is 300 g/mol. The number of hydrogen-bond acceptors (Lipinski definition) is 2. The Hall–Kier alpha value is -0.380. The molecule has 0 spiro atoms. The second-order valence-corrected chi connectivity index (χ2v) is 6.45. The van der Waals surface area contributed by atoms with Crippen LogP contribution in [-0.4, -0.2) is 30.1 Å². The first-order valence-electron chi connectivity index (χ1n) is 7.36. The van der Waals surface area contributed by atoms with Gasteiger partial charge in [-0.2, -0.15) is 0 Å². The zero-order valence-electron chi connectivity index (χ0n) is 12.2. The lowest BCUT2D eigenvalue weighted by Gasteiger charge is -2.40. The fourth-order valence-corrected chi connectivity index (χ4v) is 3.42. The maximum Gasteiger partial charge on any atom is 0.0249 e. The van der Waals surface area contributed by atoms with E-state index in [-0.39, 0.29) is 0 Å². The molecule has 3 heteroatoms. The van der Waals surface area contributed by atoms with Crippen molar-refractivity contribution in [2.45, 2.75) is 52.2 Å². The van der Waals surface area contributed by atoms with Gasteiger partial charge in [-0.25, -0.2) is 0 Å². The van der Waals surface area contributed by atoms with E-state index in [4.69, 9.17) is 0 Å². The highest BCUT2D eigenvalue weighted by molar-refractivity contribution is 9.10. The van der Waals surface area contributed by atoms with Crippen LogP contribution < -0.4 is 5.32 Å². The summed E-state index contributed by atoms with van der Waals surface area (Å²) in [5.41, 5.74) is 2.72. The molecule has 19 heavy (non-hydrogen) atoms. The van der Waals surface area contributed by atoms with Gasteiger partial charge in [-0.05, 0) is 37.0 Å². The van der Waals surface area contributed by atoms with Crippen LogP contribution in [0.1, 0.15) is 37.8 Å². The Balaban J connectivity index is 2.09. The van der Waals surface area contributed by atoms with Crippen molar-refractivity contribution in [3.63, 3.8) is 0 Å². The Morgan fingerprint density at radius 2 is 2.11 bits per heavy atom. The third-order valence-corrected chi connectivity index (χ3v) is 4.90. The lowest BCUT2D eigenvalue weighted by Crippen LogP contribution is -2.55. The maximum absolute atomic E-state index is 3.71. The number of benzene rings is 1. The van der Waals surface area contributed by atoms with Gasteiger partial charge in [0.1, 0.15) is 0 Å². The Morgan fingerprint density at radius 3 is 2.74 bits per heavy atom. The minimum atomic E-state index is 0.645. The van der Waals surface area contributed by atoms with Crippen molar-refractivity contribution in [3.8, 4) is 0 Å². The van der Waals surface area contributed by atoms with Crippen molar-refractivity contribution < 1.29 is 0 Å². The van der Waals surface area contributed by atoms with Crippen LogP contribution in [-0.2, 0) is 6.54 Å². The van der Waals surface area contributed by atoms with E-state index in [1.165, 1.54) is 28.4 Å². The van der Waals surface area contributed by atoms with Gasteiger partial charge in [0.2, 0.25) is 0 Å². The summed E-state index contributed by atoms with van der Waals surface area (Å²) in [5, 5.41) is 3.66. The van der Waals surface area contributed by atoms with Gasteiger partial charge in [-0.15, -0.1) is 0 Å². The van der Waals surface area contributed by atoms with Gasteiger partial charge >= 0.3 is 0 Å². The number of nitrogens with zero attached hydrogens (tertiary/aromatic N) is 1. The van der Waals surface area contributed by atoms with Crippen molar-refractivity contribution >= 4 is 15.9 Å². The summed E-state index contributed by atoms with van der Waals surface area (Å²) in [6, 6.07) is 7.99. The van der Waals surface area contributed by atoms with E-state index >= 15 is 0 Å². The van der Waals surface area contributed by atoms with Crippen LogP contribution in [0.25, 0.3) is 0 Å². The summed E-state index contributed by atoms with van der Waals surface area (Å²) >= 11 is 3.71. The normalized spacial score (nSPS) is 24.6. The molecular formula is C16H25BrN2. The van der Waals surface area contributed by atoms with Crippen molar-refractivity contribution in [2.75, 3.05) is 13.1 Å². The molecule has 1 heterocycles. The highest BCUT2D eigenvalue weighted by Crippen LogP contribution is 2.23. The van der Waals surface area contributed by atoms with Crippen LogP contribution in [0.4, 0.5) is 0 Å². The molecule has 0 radical (unpaired) electrons. The van der Waals surface area contributed by atoms with Crippen LogP contribution in [0, 0.1) is 6.92 Å². The minimum absolute atomic E-state index is 0.645. The summed E-state index contributed by atoms with van der Waals surface area (Å²) in [6.07, 6.45) is 2.43. The third kappa shape index (κ3) is 3.80. The largest absolute Gasteiger partial charge is 0.311 e. The van der Waals surface area contributed by atoms with E-state index in [0.717, 1.165) is 19.6 Å². The molecule has 2 unspecified atom stereocenters. The molecule has 106 valence electrons. The van der Waals surface area contributed by atoms with Gasteiger partial charge < -0.3 is 5.32 Å². The lowest BCUT2D eigenvalue weighted by atomic mass is 10.0. The Morgan fingerprint density at radius 1 is 1.32 bits per heavy atom. The summed E-state index contributed by atoms with van der Waals surface area (Å²) in [5.74, 6) is 0. The first kappa shape index (κ1) is 15.0. The fourth-order valence-electron chi connectivity index (χ4n) is 2.80. The maximum atomic E-state index is 3.71. The molecule has 2 rings (SSSR count). The molecule has 1 aromatic carbocycles. The van der Waals surface area contributed by atoms with Crippen molar-refractivity contribution in [1.29, 1.82) is 0 Å². The lowest BCUT2D eigenvalue weighted by molar-refractivity contribution is 0.117. The Kier molecular flexibility index (Phi) is 5.43. The molecule has 2 nitrogen and oxygen atoms in total. The Bertz CT molecular complexity index is 419. The first-order chi connectivity index (χ1) is 9.13. The molecule has 1 N–H and O–H groups in total. The molecule has 0 amide bonds. The average molecular weight is 325 g/mol. The zero-order chi connectivity index (χ0) is 13.8. The van der Waals surface area contributed by atoms with Crippen molar-refractivity contribution in [2.24, 2.45) is 0 Å². The van der Waals surface area contributed by atoms with E-state index in [1.807, 2.05) is 0 Å². The molecule has 1 aromatic rings. The highest BCUT2D eigenvalue weighted by Gasteiger charge is 2.26. The van der Waals surface area contributed by atoms with E-state index in [1.54, 1.807) is 0 Å². The average Bonchev–Trinajstić information content (AvgIpc) is 2.41. The van der Waals surface area contributed by atoms with Crippen LogP contribution >= 0.6 is 15.9 Å². The summed E-state index contributed by atoms with van der Waals surface area (Å²) in [4.78, 5) is 2.64. The highest BCUT2D eigenvalue weighted by atomic mass is 79.9. The molecule has 2 atom stereocenters. The fraction of sp³-hybridized carbons (Fsp3) is 0.625. The number of rotatable bonds is 4. The van der Waals surface area contributed by atoms with E-state index < -0.39 is 0 Å². The smallest absolute Gasteiger partial charge is 0.0249 e. The summed E-state index contributed by atoms with van der Waals surface area (Å²) < 4.78 is 1.24. The second kappa shape index (κ2) is 6.87. The van der Waals surface area contributed by atoms with Gasteiger partial charge in [-0.1, -0.05) is 41.9 Å². The molecule has 0 aliphatic carbocycles. The molecule has 1 aliphatic heterocycles. The molecule has 1 saturated heterocycles. The molecule has 0 bridgehead atoms. The van der Waals surface area contributed by atoms with Gasteiger partial charge in [0.15, 0.2) is 0 Å². The van der Waals surface area contributed by atoms with E-state index in [0.29, 0.717) is 12.1 Å². The Labute approximate surface area is 125 Å². The van der Waals surface area contributed by atoms with Crippen LogP contribution in [0.2, 0.25) is 0 Å². The van der Waals surface area contributed by atoms with E-state index in [2.05, 4.69) is 65.1 Å². The first-order valence-corrected chi connectivity index (χ1v) is 8.15. The van der Waals surface area contributed by atoms with Gasteiger partial charge in [0, 0.05) is 36.2 Å². The van der Waals surface area contributed by atoms with Crippen LogP contribution in [0.5, 0.6) is 0 Å². The number of halogens is 1. The van der Waals surface area contributed by atoms with Gasteiger partial charge in [0.25, 0.3) is 0 Å². The summed E-state index contributed by atoms with van der Waals surface area (Å²) in [7, 11) is 0. The standard InChI is InChI=1S/C16H25BrN2/c1-4-14-11-19(15(5-2)9-18-14)10-13-7-6-12(3)8-16(13)17/h6-8,14-15,18H,4-5,9-11H2,1-3H3. The third-order valence-electron chi connectivity index (χ3n) is 4.16. The monoisotopic (exact) mass is 324 g/mol. The van der Waals surface area contributed by atoms with Gasteiger partial charge in [0.05, 0.1) is 0 Å². The molecule has 0 aromatic heterocycles. The molecule has 1 aliphatic rings. The predicted octanol–water partition coefficient (Wildman–Crippen LogP) is 3.72. The van der Waals surface area contributed by atoms with Crippen LogP contribution in [0.15, 0.2) is 22.7 Å². The predicted molar refractivity (Wildman–Crippen MR) is 85.4 cm³/mol. The van der Waals surface area contributed by atoms with Crippen LogP contribution in [0.3, 0.4) is 0 Å². The minimum Gasteiger partial charge on any atom is -0.311 e. The van der Waals surface area contributed by atoms with E-state index in [9.17, 15) is 0 Å². The number of aryl methyl sites for hydroxylation is 1. The molecule has 0 saturated carbocycles. The SMILES string of the molecule is CCC1CN(Cc2ccc(C)cc2Br)C(CC)CN1. The topological polar surface area (TPSA) is 15.3 Å². The van der Waals surface area contributed by atoms with Crippen molar-refractivity contribution in [1.82, 2.24) is 10.2 Å².